The summed E-state index contributed by atoms with van der Waals surface area (Å²) in [6.45, 7) is 0. The van der Waals surface area contributed by atoms with Gasteiger partial charge in [0.25, 0.3) is 5.91 Å². The van der Waals surface area contributed by atoms with Gasteiger partial charge < -0.3 is 5.32 Å². The Balaban J connectivity index is 1.53. The Bertz CT molecular complexity index is 1270. The zero-order valence-corrected chi connectivity index (χ0v) is 18.4. The summed E-state index contributed by atoms with van der Waals surface area (Å²) in [6.07, 6.45) is 4.88. The number of aromatic nitrogens is 2. The first-order valence-corrected chi connectivity index (χ1v) is 11.8. The average Bonchev–Trinajstić information content (AvgIpc) is 3.25. The molecule has 168 valence electrons. The standard InChI is InChI=1S/C22H24N4O5S/c1-26(18-10-3-2-4-11-18)32(29,30)19-12-6-8-16(14-19)21(27)23-17-9-5-7-15(13-17)20-24-22(28)31-25-20/h5-9,12-14,18H,2-4,10-11H2,1H3,(H,23,27)(H,24,25,28). The summed E-state index contributed by atoms with van der Waals surface area (Å²) >= 11 is 0. The maximum Gasteiger partial charge on any atom is 0.439 e. The molecule has 32 heavy (non-hydrogen) atoms. The lowest BCUT2D eigenvalue weighted by atomic mass is 9.96. The largest absolute Gasteiger partial charge is 0.439 e. The van der Waals surface area contributed by atoms with Crippen LogP contribution in [0, 0.1) is 0 Å². The van der Waals surface area contributed by atoms with E-state index in [2.05, 4.69) is 20.0 Å². The number of hydrogen-bond donors (Lipinski definition) is 2. The molecule has 1 heterocycles. The Morgan fingerprint density at radius 1 is 1.12 bits per heavy atom. The highest BCUT2D eigenvalue weighted by Gasteiger charge is 2.29. The van der Waals surface area contributed by atoms with Crippen molar-refractivity contribution in [1.29, 1.82) is 0 Å². The molecule has 0 aliphatic heterocycles. The summed E-state index contributed by atoms with van der Waals surface area (Å²) in [5.41, 5.74) is 1.24. The van der Waals surface area contributed by atoms with Gasteiger partial charge >= 0.3 is 5.76 Å². The van der Waals surface area contributed by atoms with Crippen molar-refractivity contribution in [3.05, 3.63) is 64.6 Å². The molecule has 9 nitrogen and oxygen atoms in total. The van der Waals surface area contributed by atoms with Crippen LogP contribution in [0.4, 0.5) is 5.69 Å². The predicted octanol–water partition coefficient (Wildman–Crippen LogP) is 3.24. The molecule has 0 unspecified atom stereocenters. The fourth-order valence-corrected chi connectivity index (χ4v) is 5.37. The first-order chi connectivity index (χ1) is 15.3. The number of carbonyl (C=O) groups is 1. The van der Waals surface area contributed by atoms with Gasteiger partial charge in [-0.15, -0.1) is 0 Å². The highest BCUT2D eigenvalue weighted by atomic mass is 32.2. The van der Waals surface area contributed by atoms with Gasteiger partial charge in [-0.25, -0.2) is 13.2 Å². The molecule has 0 radical (unpaired) electrons. The normalized spacial score (nSPS) is 15.1. The SMILES string of the molecule is CN(C1CCCCC1)S(=O)(=O)c1cccc(C(=O)Nc2cccc(-c3noc(=O)[nH]3)c2)c1. The number of nitrogens with zero attached hydrogens (tertiary/aromatic N) is 2. The summed E-state index contributed by atoms with van der Waals surface area (Å²) in [4.78, 5) is 26.5. The Morgan fingerprint density at radius 2 is 1.88 bits per heavy atom. The zero-order chi connectivity index (χ0) is 22.7. The minimum absolute atomic E-state index is 0.0167. The van der Waals surface area contributed by atoms with Crippen molar-refractivity contribution in [3.63, 3.8) is 0 Å². The second-order valence-corrected chi connectivity index (χ2v) is 9.82. The molecule has 1 saturated carbocycles. The van der Waals surface area contributed by atoms with Gasteiger partial charge in [-0.3, -0.25) is 14.3 Å². The number of sulfonamides is 1. The Kier molecular flexibility index (Phi) is 6.24. The molecule has 1 fully saturated rings. The average molecular weight is 457 g/mol. The lowest BCUT2D eigenvalue weighted by molar-refractivity contribution is 0.102. The molecule has 0 saturated heterocycles. The number of nitrogens with one attached hydrogen (secondary N) is 2. The fraction of sp³-hybridized carbons (Fsp3) is 0.318. The molecule has 1 aliphatic rings. The van der Waals surface area contributed by atoms with Crippen molar-refractivity contribution in [3.8, 4) is 11.4 Å². The van der Waals surface area contributed by atoms with E-state index in [1.54, 1.807) is 43.4 Å². The van der Waals surface area contributed by atoms with Gasteiger partial charge in [0.2, 0.25) is 10.0 Å². The smallest absolute Gasteiger partial charge is 0.322 e. The number of benzene rings is 2. The number of H-pyrrole nitrogens is 1. The molecule has 2 N–H and O–H groups in total. The van der Waals surface area contributed by atoms with E-state index in [4.69, 9.17) is 0 Å². The third-order valence-electron chi connectivity index (χ3n) is 5.70. The summed E-state index contributed by atoms with van der Waals surface area (Å²) in [7, 11) is -2.10. The monoisotopic (exact) mass is 456 g/mol. The quantitative estimate of drug-likeness (QED) is 0.587. The van der Waals surface area contributed by atoms with Gasteiger partial charge in [0.15, 0.2) is 5.82 Å². The molecule has 1 aliphatic carbocycles. The number of aromatic amines is 1. The lowest BCUT2D eigenvalue weighted by Crippen LogP contribution is -2.38. The number of rotatable bonds is 6. The minimum Gasteiger partial charge on any atom is -0.322 e. The van der Waals surface area contributed by atoms with Gasteiger partial charge in [-0.05, 0) is 43.2 Å². The molecular formula is C22H24N4O5S. The summed E-state index contributed by atoms with van der Waals surface area (Å²) in [5, 5.41) is 6.38. The molecule has 0 bridgehead atoms. The Morgan fingerprint density at radius 3 is 2.59 bits per heavy atom. The lowest BCUT2D eigenvalue weighted by Gasteiger charge is -2.30. The number of carbonyl (C=O) groups excluding carboxylic acids is 1. The molecular weight excluding hydrogens is 432 g/mol. The van der Waals surface area contributed by atoms with Crippen LogP contribution in [-0.4, -0.2) is 41.9 Å². The van der Waals surface area contributed by atoms with Crippen molar-refractivity contribution >= 4 is 21.6 Å². The second-order valence-electron chi connectivity index (χ2n) is 7.82. The third kappa shape index (κ3) is 4.66. The van der Waals surface area contributed by atoms with Crippen LogP contribution < -0.4 is 11.1 Å². The van der Waals surface area contributed by atoms with Crippen molar-refractivity contribution < 1.29 is 17.7 Å². The van der Waals surface area contributed by atoms with Gasteiger partial charge in [-0.1, -0.05) is 42.6 Å². The van der Waals surface area contributed by atoms with Crippen molar-refractivity contribution in [2.45, 2.75) is 43.0 Å². The number of amides is 1. The third-order valence-corrected chi connectivity index (χ3v) is 7.60. The molecule has 10 heteroatoms. The summed E-state index contributed by atoms with van der Waals surface area (Å²) < 4.78 is 32.2. The maximum absolute atomic E-state index is 13.1. The first kappa shape index (κ1) is 22.0. The van der Waals surface area contributed by atoms with E-state index in [-0.39, 0.29) is 22.3 Å². The highest BCUT2D eigenvalue weighted by Crippen LogP contribution is 2.27. The number of hydrogen-bond acceptors (Lipinski definition) is 6. The van der Waals surface area contributed by atoms with Gasteiger partial charge in [0.05, 0.1) is 4.90 Å². The van der Waals surface area contributed by atoms with E-state index in [1.807, 2.05) is 0 Å². The van der Waals surface area contributed by atoms with Crippen LogP contribution in [0.2, 0.25) is 0 Å². The first-order valence-electron chi connectivity index (χ1n) is 10.4. The van der Waals surface area contributed by atoms with E-state index in [0.717, 1.165) is 32.1 Å². The molecule has 1 aromatic heterocycles. The molecule has 2 aromatic carbocycles. The van der Waals surface area contributed by atoms with E-state index in [9.17, 15) is 18.0 Å². The molecule has 4 rings (SSSR count). The van der Waals surface area contributed by atoms with E-state index in [0.29, 0.717) is 11.3 Å². The molecule has 0 spiro atoms. The minimum atomic E-state index is -3.71. The molecule has 1 amide bonds. The maximum atomic E-state index is 13.1. The van der Waals surface area contributed by atoms with Crippen LogP contribution in [0.1, 0.15) is 42.5 Å². The van der Waals surface area contributed by atoms with Gasteiger partial charge in [-0.2, -0.15) is 4.31 Å². The van der Waals surface area contributed by atoms with Crippen LogP contribution in [0.25, 0.3) is 11.4 Å². The number of anilines is 1. The predicted molar refractivity (Wildman–Crippen MR) is 119 cm³/mol. The highest BCUT2D eigenvalue weighted by molar-refractivity contribution is 7.89. The van der Waals surface area contributed by atoms with Crippen molar-refractivity contribution in [1.82, 2.24) is 14.4 Å². The molecule has 3 aromatic rings. The van der Waals surface area contributed by atoms with Crippen molar-refractivity contribution in [2.24, 2.45) is 0 Å². The summed E-state index contributed by atoms with van der Waals surface area (Å²) in [6, 6.07) is 12.7. The van der Waals surface area contributed by atoms with Crippen LogP contribution in [0.5, 0.6) is 0 Å². The zero-order valence-electron chi connectivity index (χ0n) is 17.6. The van der Waals surface area contributed by atoms with Crippen LogP contribution >= 0.6 is 0 Å². The van der Waals surface area contributed by atoms with Crippen LogP contribution in [0.3, 0.4) is 0 Å². The van der Waals surface area contributed by atoms with E-state index >= 15 is 0 Å². The van der Waals surface area contributed by atoms with Crippen LogP contribution in [-0.2, 0) is 10.0 Å². The Labute approximate surface area is 185 Å². The van der Waals surface area contributed by atoms with Gasteiger partial charge in [0.1, 0.15) is 0 Å². The van der Waals surface area contributed by atoms with Gasteiger partial charge in [0, 0.05) is 29.9 Å². The Hall–Kier alpha value is -3.24. The van der Waals surface area contributed by atoms with Crippen LogP contribution in [0.15, 0.2) is 62.7 Å². The van der Waals surface area contributed by atoms with Crippen molar-refractivity contribution in [2.75, 3.05) is 12.4 Å². The fourth-order valence-electron chi connectivity index (χ4n) is 3.91. The summed E-state index contributed by atoms with van der Waals surface area (Å²) in [5.74, 6) is -0.885. The topological polar surface area (TPSA) is 125 Å². The van der Waals surface area contributed by atoms with E-state index < -0.39 is 21.7 Å². The molecule has 0 atom stereocenters. The van der Waals surface area contributed by atoms with E-state index in [1.165, 1.54) is 16.4 Å². The second kappa shape index (κ2) is 9.09.